The molecule has 1 N–H and O–H groups in total. The molecule has 0 radical (unpaired) electrons. The van der Waals surface area contributed by atoms with Gasteiger partial charge in [-0.05, 0) is 82.6 Å². The normalized spacial score (nSPS) is 12.5. The number of anilines is 1. The van der Waals surface area contributed by atoms with Crippen molar-refractivity contribution in [2.75, 3.05) is 10.8 Å². The van der Waals surface area contributed by atoms with Crippen LogP contribution in [-0.2, 0) is 26.2 Å². The van der Waals surface area contributed by atoms with Gasteiger partial charge in [0.05, 0.1) is 10.6 Å². The first-order chi connectivity index (χ1) is 18.2. The van der Waals surface area contributed by atoms with Gasteiger partial charge >= 0.3 is 0 Å². The highest BCUT2D eigenvalue weighted by Crippen LogP contribution is 2.27. The quantitative estimate of drug-likeness (QED) is 0.316. The predicted molar refractivity (Wildman–Crippen MR) is 159 cm³/mol. The van der Waals surface area contributed by atoms with Crippen LogP contribution in [0.15, 0.2) is 82.2 Å². The molecular weight excluding hydrogens is 602 g/mol. The average molecular weight is 635 g/mol. The van der Waals surface area contributed by atoms with Gasteiger partial charge in [-0.3, -0.25) is 13.9 Å². The van der Waals surface area contributed by atoms with Gasteiger partial charge in [0.15, 0.2) is 0 Å². The fourth-order valence-corrected chi connectivity index (χ4v) is 5.89. The number of rotatable bonds is 9. The first-order valence-corrected chi connectivity index (χ1v) is 15.0. The Morgan fingerprint density at radius 3 is 2.23 bits per heavy atom. The van der Waals surface area contributed by atoms with Crippen molar-refractivity contribution in [1.82, 2.24) is 10.2 Å². The van der Waals surface area contributed by atoms with Gasteiger partial charge in [-0.2, -0.15) is 0 Å². The predicted octanol–water partition coefficient (Wildman–Crippen LogP) is 5.94. The summed E-state index contributed by atoms with van der Waals surface area (Å²) in [6, 6.07) is 19.3. The lowest BCUT2D eigenvalue weighted by Gasteiger charge is -2.33. The largest absolute Gasteiger partial charge is 0.350 e. The van der Waals surface area contributed by atoms with Crippen LogP contribution in [0, 0.1) is 6.92 Å². The molecule has 0 spiro atoms. The molecule has 0 aliphatic rings. The van der Waals surface area contributed by atoms with E-state index in [0.717, 1.165) is 9.87 Å². The van der Waals surface area contributed by atoms with Gasteiger partial charge in [0.25, 0.3) is 10.0 Å². The molecule has 0 bridgehead atoms. The summed E-state index contributed by atoms with van der Waals surface area (Å²) >= 11 is 9.58. The molecule has 7 nitrogen and oxygen atoms in total. The molecule has 0 saturated carbocycles. The van der Waals surface area contributed by atoms with Gasteiger partial charge in [0, 0.05) is 21.6 Å². The summed E-state index contributed by atoms with van der Waals surface area (Å²) in [4.78, 5) is 28.5. The van der Waals surface area contributed by atoms with Gasteiger partial charge in [0.2, 0.25) is 11.8 Å². The number of hydrogen-bond donors (Lipinski definition) is 1. The first-order valence-electron chi connectivity index (χ1n) is 12.4. The number of aryl methyl sites for hydroxylation is 1. The molecule has 208 valence electrons. The molecular formula is C29H33BrClN3O4S. The molecule has 0 saturated heterocycles. The van der Waals surface area contributed by atoms with Gasteiger partial charge in [-0.25, -0.2) is 8.42 Å². The second-order valence-corrected chi connectivity index (χ2v) is 13.6. The summed E-state index contributed by atoms with van der Waals surface area (Å²) in [7, 11) is -4.13. The van der Waals surface area contributed by atoms with Crippen LogP contribution in [-0.4, -0.2) is 43.3 Å². The Labute approximate surface area is 244 Å². The molecule has 39 heavy (non-hydrogen) atoms. The summed E-state index contributed by atoms with van der Waals surface area (Å²) in [6.07, 6.45) is 0. The fourth-order valence-electron chi connectivity index (χ4n) is 3.89. The molecule has 2 amide bonds. The minimum absolute atomic E-state index is 0.0563. The number of benzene rings is 3. The van der Waals surface area contributed by atoms with Crippen molar-refractivity contribution < 1.29 is 18.0 Å². The Morgan fingerprint density at radius 2 is 1.64 bits per heavy atom. The average Bonchev–Trinajstić information content (AvgIpc) is 2.84. The maximum absolute atomic E-state index is 13.9. The standard InChI is InChI=1S/C29H33BrClN3O4S/c1-20-12-14-26(15-13-20)39(37,38)34(25-11-7-9-23(30)17-25)19-27(35)33(18-22-8-6-10-24(31)16-22)21(2)28(36)32-29(3,4)5/h6-17,21H,18-19H2,1-5H3,(H,32,36)/t21-/m1/s1. The van der Waals surface area contributed by atoms with E-state index in [1.165, 1.54) is 17.0 Å². The van der Waals surface area contributed by atoms with E-state index in [4.69, 9.17) is 11.6 Å². The highest BCUT2D eigenvalue weighted by Gasteiger charge is 2.33. The van der Waals surface area contributed by atoms with Crippen molar-refractivity contribution in [2.45, 2.75) is 57.6 Å². The highest BCUT2D eigenvalue weighted by molar-refractivity contribution is 9.10. The molecule has 3 aromatic carbocycles. The van der Waals surface area contributed by atoms with Crippen LogP contribution in [0.25, 0.3) is 0 Å². The Hall–Kier alpha value is -2.88. The third-order valence-electron chi connectivity index (χ3n) is 5.89. The summed E-state index contributed by atoms with van der Waals surface area (Å²) in [5.74, 6) is -0.893. The topological polar surface area (TPSA) is 86.8 Å². The van der Waals surface area contributed by atoms with Crippen LogP contribution >= 0.6 is 27.5 Å². The van der Waals surface area contributed by atoms with Crippen molar-refractivity contribution in [1.29, 1.82) is 0 Å². The zero-order valence-corrected chi connectivity index (χ0v) is 25.8. The SMILES string of the molecule is Cc1ccc(S(=O)(=O)N(CC(=O)N(Cc2cccc(Cl)c2)[C@H](C)C(=O)NC(C)(C)C)c2cccc(Br)c2)cc1. The number of hydrogen-bond acceptors (Lipinski definition) is 4. The second kappa shape index (κ2) is 12.5. The second-order valence-electron chi connectivity index (χ2n) is 10.4. The zero-order valence-electron chi connectivity index (χ0n) is 22.6. The third-order valence-corrected chi connectivity index (χ3v) is 8.41. The van der Waals surface area contributed by atoms with Gasteiger partial charge in [0.1, 0.15) is 12.6 Å². The van der Waals surface area contributed by atoms with E-state index >= 15 is 0 Å². The highest BCUT2D eigenvalue weighted by atomic mass is 79.9. The van der Waals surface area contributed by atoms with Crippen molar-refractivity contribution in [3.8, 4) is 0 Å². The van der Waals surface area contributed by atoms with Gasteiger partial charge < -0.3 is 10.2 Å². The number of carbonyl (C=O) groups is 2. The van der Waals surface area contributed by atoms with Gasteiger partial charge in [-0.1, -0.05) is 63.4 Å². The van der Waals surface area contributed by atoms with Crippen molar-refractivity contribution in [3.05, 3.63) is 93.4 Å². The Kier molecular flexibility index (Phi) is 9.85. The molecule has 3 rings (SSSR count). The van der Waals surface area contributed by atoms with Crippen molar-refractivity contribution in [2.24, 2.45) is 0 Å². The van der Waals surface area contributed by atoms with Crippen LogP contribution in [0.4, 0.5) is 5.69 Å². The summed E-state index contributed by atoms with van der Waals surface area (Å²) in [5, 5.41) is 3.40. The molecule has 1 atom stereocenters. The summed E-state index contributed by atoms with van der Waals surface area (Å²) in [6.45, 7) is 8.60. The number of sulfonamides is 1. The molecule has 0 aliphatic heterocycles. The van der Waals surface area contributed by atoms with Crippen molar-refractivity contribution in [3.63, 3.8) is 0 Å². The van der Waals surface area contributed by atoms with Crippen LogP contribution < -0.4 is 9.62 Å². The minimum Gasteiger partial charge on any atom is -0.350 e. The van der Waals surface area contributed by atoms with E-state index in [1.807, 2.05) is 27.7 Å². The smallest absolute Gasteiger partial charge is 0.264 e. The van der Waals surface area contributed by atoms with Crippen LogP contribution in [0.1, 0.15) is 38.8 Å². The maximum Gasteiger partial charge on any atom is 0.264 e. The summed E-state index contributed by atoms with van der Waals surface area (Å²) in [5.41, 5.74) is 1.41. The fraction of sp³-hybridized carbons (Fsp3) is 0.310. The van der Waals surface area contributed by atoms with E-state index in [2.05, 4.69) is 21.2 Å². The third kappa shape index (κ3) is 8.30. The van der Waals surface area contributed by atoms with E-state index < -0.39 is 34.1 Å². The molecule has 0 unspecified atom stereocenters. The number of carbonyl (C=O) groups excluding carboxylic acids is 2. The lowest BCUT2D eigenvalue weighted by molar-refractivity contribution is -0.140. The number of halogens is 2. The number of nitrogens with zero attached hydrogens (tertiary/aromatic N) is 2. The van der Waals surface area contributed by atoms with E-state index in [1.54, 1.807) is 67.6 Å². The van der Waals surface area contributed by atoms with Crippen molar-refractivity contribution >= 4 is 55.1 Å². The zero-order chi connectivity index (χ0) is 29.0. The van der Waals surface area contributed by atoms with E-state index in [-0.39, 0.29) is 17.3 Å². The van der Waals surface area contributed by atoms with E-state index in [0.29, 0.717) is 20.7 Å². The Balaban J connectivity index is 2.04. The first kappa shape index (κ1) is 30.7. The van der Waals surface area contributed by atoms with Crippen LogP contribution in [0.2, 0.25) is 5.02 Å². The lowest BCUT2D eigenvalue weighted by Crippen LogP contribution is -2.54. The molecule has 0 fully saturated rings. The number of nitrogens with one attached hydrogen (secondary N) is 1. The molecule has 0 heterocycles. The molecule has 0 aromatic heterocycles. The molecule has 10 heteroatoms. The van der Waals surface area contributed by atoms with Crippen LogP contribution in [0.3, 0.4) is 0 Å². The molecule has 3 aromatic rings. The number of amides is 2. The van der Waals surface area contributed by atoms with E-state index in [9.17, 15) is 18.0 Å². The Morgan fingerprint density at radius 1 is 1.00 bits per heavy atom. The maximum atomic E-state index is 13.9. The molecule has 0 aliphatic carbocycles. The van der Waals surface area contributed by atoms with Gasteiger partial charge in [-0.15, -0.1) is 0 Å². The van der Waals surface area contributed by atoms with Crippen LogP contribution in [0.5, 0.6) is 0 Å². The monoisotopic (exact) mass is 633 g/mol. The Bertz CT molecular complexity index is 1440. The lowest BCUT2D eigenvalue weighted by atomic mass is 10.1. The minimum atomic E-state index is -4.13. The summed E-state index contributed by atoms with van der Waals surface area (Å²) < 4.78 is 29.4.